The third-order valence-electron chi connectivity index (χ3n) is 4.59. The lowest BCUT2D eigenvalue weighted by molar-refractivity contribution is -0.137. The molecule has 1 saturated carbocycles. The molecule has 2 heterocycles. The molecular formula is C17H19FN2O3. The Balaban J connectivity index is 1.72. The van der Waals surface area contributed by atoms with Crippen LogP contribution in [0, 0.1) is 5.41 Å². The van der Waals surface area contributed by atoms with Gasteiger partial charge in [-0.05, 0) is 36.5 Å². The summed E-state index contributed by atoms with van der Waals surface area (Å²) in [6, 6.07) is 1.74. The maximum Gasteiger partial charge on any atom is 0.339 e. The summed E-state index contributed by atoms with van der Waals surface area (Å²) in [7, 11) is 1.33. The lowest BCUT2D eigenvalue weighted by Crippen LogP contribution is -2.40. The number of halogens is 1. The number of rotatable bonds is 4. The Kier molecular flexibility index (Phi) is 4.15. The highest BCUT2D eigenvalue weighted by atomic mass is 19.1. The third-order valence-corrected chi connectivity index (χ3v) is 4.59. The first-order chi connectivity index (χ1) is 11.1. The number of esters is 1. The topological polar surface area (TPSA) is 59.5 Å². The van der Waals surface area contributed by atoms with E-state index in [9.17, 15) is 14.0 Å². The van der Waals surface area contributed by atoms with E-state index in [0.29, 0.717) is 37.9 Å². The van der Waals surface area contributed by atoms with Gasteiger partial charge in [-0.2, -0.15) is 0 Å². The standard InChI is InChI=1S/C17H19FN2O3/c1-23-15(21)14-8-13(9-19-10-14)12-2-6-20(7-3-12)16(22)17(11-18)4-5-17/h2,8-10H,3-7,11H2,1H3. The SMILES string of the molecule is COC(=O)c1cncc(C2=CCN(C(=O)C3(CF)CC3)CC2)c1. The fourth-order valence-electron chi connectivity index (χ4n) is 2.85. The molecule has 1 aromatic heterocycles. The molecule has 2 aliphatic rings. The van der Waals surface area contributed by atoms with Gasteiger partial charge >= 0.3 is 5.97 Å². The van der Waals surface area contributed by atoms with Crippen LogP contribution < -0.4 is 0 Å². The normalized spacial score (nSPS) is 19.0. The number of amides is 1. The van der Waals surface area contributed by atoms with Crippen molar-refractivity contribution in [1.82, 2.24) is 9.88 Å². The number of carbonyl (C=O) groups is 2. The van der Waals surface area contributed by atoms with Gasteiger partial charge in [0.15, 0.2) is 0 Å². The lowest BCUT2D eigenvalue weighted by atomic mass is 9.98. The highest BCUT2D eigenvalue weighted by Crippen LogP contribution is 2.47. The van der Waals surface area contributed by atoms with E-state index < -0.39 is 18.1 Å². The van der Waals surface area contributed by atoms with Gasteiger partial charge in [0.05, 0.1) is 18.1 Å². The number of nitrogens with zero attached hydrogens (tertiary/aromatic N) is 2. The summed E-state index contributed by atoms with van der Waals surface area (Å²) in [5, 5.41) is 0. The molecule has 0 spiro atoms. The number of aromatic nitrogens is 1. The van der Waals surface area contributed by atoms with E-state index >= 15 is 0 Å². The maximum absolute atomic E-state index is 13.0. The van der Waals surface area contributed by atoms with Gasteiger partial charge in [0.2, 0.25) is 5.91 Å². The van der Waals surface area contributed by atoms with Crippen molar-refractivity contribution in [3.05, 3.63) is 35.7 Å². The van der Waals surface area contributed by atoms with E-state index in [0.717, 1.165) is 11.1 Å². The molecule has 1 aliphatic heterocycles. The van der Waals surface area contributed by atoms with Crippen LogP contribution in [0.5, 0.6) is 0 Å². The number of hydrogen-bond acceptors (Lipinski definition) is 4. The second-order valence-corrected chi connectivity index (χ2v) is 6.10. The van der Waals surface area contributed by atoms with Crippen LogP contribution in [-0.4, -0.2) is 48.6 Å². The van der Waals surface area contributed by atoms with Crippen molar-refractivity contribution in [2.45, 2.75) is 19.3 Å². The quantitative estimate of drug-likeness (QED) is 0.799. The van der Waals surface area contributed by atoms with Crippen molar-refractivity contribution in [2.75, 3.05) is 26.9 Å². The third kappa shape index (κ3) is 2.98. The van der Waals surface area contributed by atoms with Gasteiger partial charge in [-0.15, -0.1) is 0 Å². The monoisotopic (exact) mass is 318 g/mol. The molecule has 0 N–H and O–H groups in total. The zero-order valence-corrected chi connectivity index (χ0v) is 13.0. The van der Waals surface area contributed by atoms with Gasteiger partial charge < -0.3 is 9.64 Å². The van der Waals surface area contributed by atoms with Gasteiger partial charge in [-0.25, -0.2) is 9.18 Å². The Morgan fingerprint density at radius 3 is 2.74 bits per heavy atom. The predicted octanol–water partition coefficient (Wildman–Crippen LogP) is 2.23. The van der Waals surface area contributed by atoms with Crippen LogP contribution >= 0.6 is 0 Å². The molecule has 0 saturated heterocycles. The Hall–Kier alpha value is -2.24. The van der Waals surface area contributed by atoms with Gasteiger partial charge in [-0.1, -0.05) is 6.08 Å². The van der Waals surface area contributed by atoms with Crippen LogP contribution in [0.25, 0.3) is 5.57 Å². The number of ether oxygens (including phenoxy) is 1. The predicted molar refractivity (Wildman–Crippen MR) is 82.4 cm³/mol. The van der Waals surface area contributed by atoms with E-state index in [2.05, 4.69) is 4.98 Å². The summed E-state index contributed by atoms with van der Waals surface area (Å²) in [6.07, 6.45) is 7.08. The average molecular weight is 318 g/mol. The maximum atomic E-state index is 13.0. The molecule has 1 amide bonds. The molecule has 0 radical (unpaired) electrons. The Bertz CT molecular complexity index is 668. The molecule has 0 atom stereocenters. The lowest BCUT2D eigenvalue weighted by Gasteiger charge is -2.29. The zero-order chi connectivity index (χ0) is 16.4. The number of alkyl halides is 1. The minimum Gasteiger partial charge on any atom is -0.465 e. The molecule has 0 bridgehead atoms. The average Bonchev–Trinajstić information content (AvgIpc) is 3.42. The van der Waals surface area contributed by atoms with Crippen molar-refractivity contribution in [3.8, 4) is 0 Å². The van der Waals surface area contributed by atoms with Gasteiger partial charge in [0.1, 0.15) is 6.67 Å². The number of pyridine rings is 1. The Labute approximate surface area is 134 Å². The van der Waals surface area contributed by atoms with Crippen LogP contribution in [0.1, 0.15) is 35.2 Å². The Morgan fingerprint density at radius 2 is 2.17 bits per heavy atom. The first-order valence-corrected chi connectivity index (χ1v) is 7.68. The fourth-order valence-corrected chi connectivity index (χ4v) is 2.85. The minimum absolute atomic E-state index is 0.0725. The van der Waals surface area contributed by atoms with Crippen LogP contribution in [0.2, 0.25) is 0 Å². The van der Waals surface area contributed by atoms with E-state index in [1.165, 1.54) is 13.3 Å². The number of carbonyl (C=O) groups excluding carboxylic acids is 2. The summed E-state index contributed by atoms with van der Waals surface area (Å²) in [5.41, 5.74) is 1.56. The van der Waals surface area contributed by atoms with Crippen molar-refractivity contribution >= 4 is 17.4 Å². The summed E-state index contributed by atoms with van der Waals surface area (Å²) >= 11 is 0. The highest BCUT2D eigenvalue weighted by Gasteiger charge is 2.51. The van der Waals surface area contributed by atoms with Crippen molar-refractivity contribution in [3.63, 3.8) is 0 Å². The molecule has 0 aromatic carbocycles. The molecule has 3 rings (SSSR count). The summed E-state index contributed by atoms with van der Waals surface area (Å²) in [4.78, 5) is 29.7. The molecule has 23 heavy (non-hydrogen) atoms. The summed E-state index contributed by atoms with van der Waals surface area (Å²) in [5.74, 6) is -0.497. The molecule has 1 aromatic rings. The fraction of sp³-hybridized carbons (Fsp3) is 0.471. The van der Waals surface area contributed by atoms with Crippen molar-refractivity contribution in [2.24, 2.45) is 5.41 Å². The van der Waals surface area contributed by atoms with E-state index in [1.807, 2.05) is 6.08 Å². The second kappa shape index (κ2) is 6.10. The van der Waals surface area contributed by atoms with Crippen LogP contribution in [0.4, 0.5) is 4.39 Å². The highest BCUT2D eigenvalue weighted by molar-refractivity contribution is 5.90. The van der Waals surface area contributed by atoms with Gasteiger partial charge in [0, 0.05) is 25.5 Å². The first kappa shape index (κ1) is 15.6. The second-order valence-electron chi connectivity index (χ2n) is 6.10. The Morgan fingerprint density at radius 1 is 1.39 bits per heavy atom. The van der Waals surface area contributed by atoms with Crippen molar-refractivity contribution < 1.29 is 18.7 Å². The summed E-state index contributed by atoms with van der Waals surface area (Å²) < 4.78 is 17.7. The van der Waals surface area contributed by atoms with Gasteiger partial charge in [0.25, 0.3) is 0 Å². The van der Waals surface area contributed by atoms with Crippen molar-refractivity contribution in [1.29, 1.82) is 0 Å². The molecule has 5 nitrogen and oxygen atoms in total. The van der Waals surface area contributed by atoms with Crippen LogP contribution in [-0.2, 0) is 9.53 Å². The van der Waals surface area contributed by atoms with E-state index in [1.54, 1.807) is 17.2 Å². The minimum atomic E-state index is -0.738. The molecular weight excluding hydrogens is 299 g/mol. The largest absolute Gasteiger partial charge is 0.465 e. The first-order valence-electron chi connectivity index (χ1n) is 7.68. The smallest absolute Gasteiger partial charge is 0.339 e. The molecule has 1 fully saturated rings. The van der Waals surface area contributed by atoms with E-state index in [-0.39, 0.29) is 5.91 Å². The molecule has 1 aliphatic carbocycles. The number of hydrogen-bond donors (Lipinski definition) is 0. The summed E-state index contributed by atoms with van der Waals surface area (Å²) in [6.45, 7) is 0.469. The molecule has 6 heteroatoms. The molecule has 0 unspecified atom stereocenters. The van der Waals surface area contributed by atoms with Gasteiger partial charge in [-0.3, -0.25) is 9.78 Å². The van der Waals surface area contributed by atoms with Crippen LogP contribution in [0.3, 0.4) is 0 Å². The number of methoxy groups -OCH3 is 1. The van der Waals surface area contributed by atoms with E-state index in [4.69, 9.17) is 4.74 Å². The zero-order valence-electron chi connectivity index (χ0n) is 13.0. The molecule has 122 valence electrons. The van der Waals surface area contributed by atoms with Crippen LogP contribution in [0.15, 0.2) is 24.5 Å².